The van der Waals surface area contributed by atoms with Crippen molar-refractivity contribution in [2.45, 2.75) is 0 Å². The first-order valence-electron chi connectivity index (χ1n) is 4.63. The Labute approximate surface area is 90.1 Å². The summed E-state index contributed by atoms with van der Waals surface area (Å²) in [4.78, 5) is 3.91. The van der Waals surface area contributed by atoms with E-state index in [1.165, 1.54) is 6.33 Å². The normalized spacial score (nSPS) is 10.5. The fourth-order valence-corrected chi connectivity index (χ4v) is 1.48. The van der Waals surface area contributed by atoms with Crippen LogP contribution in [0.3, 0.4) is 0 Å². The van der Waals surface area contributed by atoms with Crippen molar-refractivity contribution in [3.63, 3.8) is 0 Å². The number of hydrogen-bond acceptors (Lipinski definition) is 5. The zero-order valence-corrected chi connectivity index (χ0v) is 8.15. The maximum absolute atomic E-state index is 4.08. The largest absolute Gasteiger partial charge is 0.239 e. The van der Waals surface area contributed by atoms with Crippen LogP contribution < -0.4 is 0 Å². The quantitative estimate of drug-likeness (QED) is 0.667. The highest BCUT2D eigenvalue weighted by atomic mass is 15.5. The number of aromatic amines is 1. The summed E-state index contributed by atoms with van der Waals surface area (Å²) in [5, 5.41) is 17.8. The van der Waals surface area contributed by atoms with Crippen LogP contribution in [0.4, 0.5) is 0 Å². The molecule has 0 fully saturated rings. The molecule has 7 heteroatoms. The SMILES string of the molecule is c1ccc(-n2cncn2)c(-c2nnn[nH]2)c1. The highest BCUT2D eigenvalue weighted by molar-refractivity contribution is 5.66. The fraction of sp³-hybridized carbons (Fsp3) is 0. The van der Waals surface area contributed by atoms with E-state index in [1.54, 1.807) is 11.0 Å². The van der Waals surface area contributed by atoms with Crippen LogP contribution in [0.15, 0.2) is 36.9 Å². The molecule has 3 rings (SSSR count). The van der Waals surface area contributed by atoms with Gasteiger partial charge in [-0.2, -0.15) is 5.10 Å². The molecular formula is C9H7N7. The molecule has 0 aliphatic rings. The molecule has 0 radical (unpaired) electrons. The minimum absolute atomic E-state index is 0.603. The summed E-state index contributed by atoms with van der Waals surface area (Å²) in [5.41, 5.74) is 1.75. The van der Waals surface area contributed by atoms with Gasteiger partial charge in [-0.05, 0) is 22.6 Å². The number of benzene rings is 1. The molecular weight excluding hydrogens is 206 g/mol. The third kappa shape index (κ3) is 1.34. The van der Waals surface area contributed by atoms with E-state index < -0.39 is 0 Å². The Balaban J connectivity index is 2.19. The summed E-state index contributed by atoms with van der Waals surface area (Å²) in [6, 6.07) is 7.67. The summed E-state index contributed by atoms with van der Waals surface area (Å²) >= 11 is 0. The van der Waals surface area contributed by atoms with Gasteiger partial charge in [0, 0.05) is 5.56 Å². The van der Waals surface area contributed by atoms with Crippen molar-refractivity contribution in [3.05, 3.63) is 36.9 Å². The topological polar surface area (TPSA) is 85.2 Å². The van der Waals surface area contributed by atoms with E-state index in [0.717, 1.165) is 11.3 Å². The molecule has 78 valence electrons. The Bertz CT molecular complexity index is 516. The van der Waals surface area contributed by atoms with Gasteiger partial charge in [0.05, 0.1) is 5.69 Å². The van der Waals surface area contributed by atoms with Gasteiger partial charge in [-0.15, -0.1) is 5.10 Å². The van der Waals surface area contributed by atoms with Crippen molar-refractivity contribution in [3.8, 4) is 17.1 Å². The molecule has 0 saturated carbocycles. The number of rotatable bonds is 2. The molecule has 0 bridgehead atoms. The number of nitrogens with one attached hydrogen (secondary N) is 1. The number of H-pyrrole nitrogens is 1. The second-order valence-corrected chi connectivity index (χ2v) is 3.11. The van der Waals surface area contributed by atoms with Gasteiger partial charge < -0.3 is 0 Å². The Morgan fingerprint density at radius 3 is 2.88 bits per heavy atom. The molecule has 2 heterocycles. The molecule has 0 aliphatic carbocycles. The van der Waals surface area contributed by atoms with E-state index >= 15 is 0 Å². The monoisotopic (exact) mass is 213 g/mol. The standard InChI is InChI=1S/C9H7N7/c1-2-4-8(16-6-10-5-11-16)7(3-1)9-12-14-15-13-9/h1-6H,(H,12,13,14,15). The molecule has 0 unspecified atom stereocenters. The van der Waals surface area contributed by atoms with Crippen molar-refractivity contribution in [2.24, 2.45) is 0 Å². The van der Waals surface area contributed by atoms with Gasteiger partial charge >= 0.3 is 0 Å². The van der Waals surface area contributed by atoms with E-state index in [0.29, 0.717) is 5.82 Å². The van der Waals surface area contributed by atoms with E-state index in [2.05, 4.69) is 30.7 Å². The number of hydrogen-bond donors (Lipinski definition) is 1. The van der Waals surface area contributed by atoms with Crippen LogP contribution in [0, 0.1) is 0 Å². The zero-order valence-electron chi connectivity index (χ0n) is 8.15. The van der Waals surface area contributed by atoms with Gasteiger partial charge in [-0.3, -0.25) is 0 Å². The zero-order chi connectivity index (χ0) is 10.8. The Hall–Kier alpha value is -2.57. The predicted octanol–water partition coefficient (Wildman–Crippen LogP) is 0.447. The molecule has 3 aromatic rings. The lowest BCUT2D eigenvalue weighted by atomic mass is 10.1. The number of para-hydroxylation sites is 1. The van der Waals surface area contributed by atoms with Crippen LogP contribution in [0.2, 0.25) is 0 Å². The highest BCUT2D eigenvalue weighted by Gasteiger charge is 2.09. The second-order valence-electron chi connectivity index (χ2n) is 3.11. The van der Waals surface area contributed by atoms with Gasteiger partial charge in [0.2, 0.25) is 0 Å². The lowest BCUT2D eigenvalue weighted by Crippen LogP contribution is -1.97. The van der Waals surface area contributed by atoms with Crippen molar-refractivity contribution in [2.75, 3.05) is 0 Å². The van der Waals surface area contributed by atoms with Crippen LogP contribution in [0.1, 0.15) is 0 Å². The van der Waals surface area contributed by atoms with Crippen LogP contribution in [-0.4, -0.2) is 35.4 Å². The molecule has 2 aromatic heterocycles. The van der Waals surface area contributed by atoms with Gasteiger partial charge in [0.25, 0.3) is 0 Å². The smallest absolute Gasteiger partial charge is 0.181 e. The first-order chi connectivity index (χ1) is 7.95. The average molecular weight is 213 g/mol. The molecule has 0 atom stereocenters. The van der Waals surface area contributed by atoms with Gasteiger partial charge in [-0.1, -0.05) is 12.1 Å². The highest BCUT2D eigenvalue weighted by Crippen LogP contribution is 2.21. The molecule has 0 spiro atoms. The molecule has 0 aliphatic heterocycles. The second kappa shape index (κ2) is 3.54. The Morgan fingerprint density at radius 1 is 1.19 bits per heavy atom. The van der Waals surface area contributed by atoms with Crippen molar-refractivity contribution in [1.82, 2.24) is 35.4 Å². The van der Waals surface area contributed by atoms with Gasteiger partial charge in [-0.25, -0.2) is 14.8 Å². The molecule has 1 N–H and O–H groups in total. The van der Waals surface area contributed by atoms with E-state index in [4.69, 9.17) is 0 Å². The first kappa shape index (κ1) is 8.72. The lowest BCUT2D eigenvalue weighted by Gasteiger charge is -2.04. The van der Waals surface area contributed by atoms with Crippen molar-refractivity contribution >= 4 is 0 Å². The van der Waals surface area contributed by atoms with Crippen LogP contribution >= 0.6 is 0 Å². The van der Waals surface area contributed by atoms with E-state index in [9.17, 15) is 0 Å². The van der Waals surface area contributed by atoms with Crippen molar-refractivity contribution < 1.29 is 0 Å². The summed E-state index contributed by atoms with van der Waals surface area (Å²) in [5.74, 6) is 0.603. The van der Waals surface area contributed by atoms with E-state index in [1.807, 2.05) is 24.3 Å². The van der Waals surface area contributed by atoms with Crippen molar-refractivity contribution in [1.29, 1.82) is 0 Å². The average Bonchev–Trinajstić information content (AvgIpc) is 3.03. The first-order valence-corrected chi connectivity index (χ1v) is 4.63. The number of aromatic nitrogens is 7. The number of tetrazole rings is 1. The summed E-state index contributed by atoms with van der Waals surface area (Å²) in [6.45, 7) is 0. The van der Waals surface area contributed by atoms with Gasteiger partial charge in [0.1, 0.15) is 12.7 Å². The minimum atomic E-state index is 0.603. The summed E-state index contributed by atoms with van der Waals surface area (Å²) in [6.07, 6.45) is 3.11. The lowest BCUT2D eigenvalue weighted by molar-refractivity contribution is 0.878. The molecule has 0 amide bonds. The summed E-state index contributed by atoms with van der Waals surface area (Å²) < 4.78 is 1.66. The maximum Gasteiger partial charge on any atom is 0.181 e. The molecule has 7 nitrogen and oxygen atoms in total. The molecule has 16 heavy (non-hydrogen) atoms. The Morgan fingerprint density at radius 2 is 2.12 bits per heavy atom. The molecule has 1 aromatic carbocycles. The van der Waals surface area contributed by atoms with Gasteiger partial charge in [0.15, 0.2) is 5.82 Å². The third-order valence-corrected chi connectivity index (χ3v) is 2.17. The predicted molar refractivity (Wildman–Crippen MR) is 54.5 cm³/mol. The van der Waals surface area contributed by atoms with E-state index in [-0.39, 0.29) is 0 Å². The third-order valence-electron chi connectivity index (χ3n) is 2.17. The summed E-state index contributed by atoms with van der Waals surface area (Å²) in [7, 11) is 0. The van der Waals surface area contributed by atoms with Crippen LogP contribution in [0.5, 0.6) is 0 Å². The maximum atomic E-state index is 4.08. The molecule has 0 saturated heterocycles. The number of nitrogens with zero attached hydrogens (tertiary/aromatic N) is 6. The Kier molecular flexibility index (Phi) is 1.93. The minimum Gasteiger partial charge on any atom is -0.239 e. The van der Waals surface area contributed by atoms with Crippen LogP contribution in [-0.2, 0) is 0 Å². The fourth-order valence-electron chi connectivity index (χ4n) is 1.48. The van der Waals surface area contributed by atoms with Crippen LogP contribution in [0.25, 0.3) is 17.1 Å².